The van der Waals surface area contributed by atoms with E-state index in [2.05, 4.69) is 4.90 Å². The lowest BCUT2D eigenvalue weighted by Gasteiger charge is -2.36. The van der Waals surface area contributed by atoms with Crippen molar-refractivity contribution in [1.29, 1.82) is 0 Å². The standard InChI is InChI=1S/C17H15Cl2FN2O/c18-15-6-5-14(11-16(15)19)21-7-9-22(10-8-21)17(23)12-1-3-13(20)4-2-12/h1-6,11H,7-10H2. The van der Waals surface area contributed by atoms with E-state index < -0.39 is 0 Å². The van der Waals surface area contributed by atoms with Gasteiger partial charge in [-0.1, -0.05) is 23.2 Å². The van der Waals surface area contributed by atoms with Gasteiger partial charge in [0.05, 0.1) is 10.0 Å². The Morgan fingerprint density at radius 3 is 2.17 bits per heavy atom. The SMILES string of the molecule is O=C(c1ccc(F)cc1)N1CCN(c2ccc(Cl)c(Cl)c2)CC1. The van der Waals surface area contributed by atoms with Crippen LogP contribution in [0.1, 0.15) is 10.4 Å². The number of carbonyl (C=O) groups is 1. The molecule has 1 aliphatic heterocycles. The van der Waals surface area contributed by atoms with Crippen molar-refractivity contribution in [2.45, 2.75) is 0 Å². The number of anilines is 1. The van der Waals surface area contributed by atoms with Gasteiger partial charge in [0.25, 0.3) is 5.91 Å². The number of rotatable bonds is 2. The molecule has 1 saturated heterocycles. The van der Waals surface area contributed by atoms with Gasteiger partial charge in [-0.25, -0.2) is 4.39 Å². The molecular weight excluding hydrogens is 338 g/mol. The van der Waals surface area contributed by atoms with Gasteiger partial charge in [-0.2, -0.15) is 0 Å². The maximum Gasteiger partial charge on any atom is 0.253 e. The summed E-state index contributed by atoms with van der Waals surface area (Å²) in [7, 11) is 0. The smallest absolute Gasteiger partial charge is 0.253 e. The summed E-state index contributed by atoms with van der Waals surface area (Å²) in [6.07, 6.45) is 0. The molecule has 1 heterocycles. The molecule has 3 rings (SSSR count). The summed E-state index contributed by atoms with van der Waals surface area (Å²) in [5.41, 5.74) is 1.50. The molecule has 1 amide bonds. The number of benzene rings is 2. The molecule has 1 aliphatic rings. The normalized spacial score (nSPS) is 14.9. The van der Waals surface area contributed by atoms with Crippen molar-refractivity contribution in [3.8, 4) is 0 Å². The number of hydrogen-bond acceptors (Lipinski definition) is 2. The van der Waals surface area contributed by atoms with Crippen molar-refractivity contribution in [1.82, 2.24) is 4.90 Å². The van der Waals surface area contributed by atoms with Gasteiger partial charge in [-0.05, 0) is 42.5 Å². The maximum absolute atomic E-state index is 12.9. The third-order valence-electron chi connectivity index (χ3n) is 3.93. The summed E-state index contributed by atoms with van der Waals surface area (Å²) >= 11 is 12.0. The lowest BCUT2D eigenvalue weighted by atomic mass is 10.1. The number of piperazine rings is 1. The topological polar surface area (TPSA) is 23.6 Å². The highest BCUT2D eigenvalue weighted by atomic mass is 35.5. The largest absolute Gasteiger partial charge is 0.368 e. The summed E-state index contributed by atoms with van der Waals surface area (Å²) < 4.78 is 12.9. The highest BCUT2D eigenvalue weighted by Crippen LogP contribution is 2.27. The molecule has 0 radical (unpaired) electrons. The molecule has 3 nitrogen and oxygen atoms in total. The van der Waals surface area contributed by atoms with E-state index >= 15 is 0 Å². The van der Waals surface area contributed by atoms with E-state index in [-0.39, 0.29) is 11.7 Å². The van der Waals surface area contributed by atoms with Crippen LogP contribution in [0, 0.1) is 5.82 Å². The van der Waals surface area contributed by atoms with Crippen LogP contribution in [-0.4, -0.2) is 37.0 Å². The summed E-state index contributed by atoms with van der Waals surface area (Å²) in [5.74, 6) is -0.412. The average Bonchev–Trinajstić information content (AvgIpc) is 2.57. The van der Waals surface area contributed by atoms with Crippen molar-refractivity contribution in [2.24, 2.45) is 0 Å². The van der Waals surface area contributed by atoms with Crippen molar-refractivity contribution in [3.63, 3.8) is 0 Å². The van der Waals surface area contributed by atoms with Crippen LogP contribution in [0.3, 0.4) is 0 Å². The van der Waals surface area contributed by atoms with E-state index in [1.165, 1.54) is 24.3 Å². The molecule has 1 fully saturated rings. The van der Waals surface area contributed by atoms with Crippen LogP contribution in [0.5, 0.6) is 0 Å². The summed E-state index contributed by atoms with van der Waals surface area (Å²) in [4.78, 5) is 16.3. The van der Waals surface area contributed by atoms with E-state index in [1.54, 1.807) is 11.0 Å². The molecule has 6 heteroatoms. The molecule has 0 N–H and O–H groups in total. The molecular formula is C17H15Cl2FN2O. The van der Waals surface area contributed by atoms with Crippen molar-refractivity contribution in [2.75, 3.05) is 31.1 Å². The third kappa shape index (κ3) is 3.59. The third-order valence-corrected chi connectivity index (χ3v) is 4.67. The van der Waals surface area contributed by atoms with E-state index in [1.807, 2.05) is 12.1 Å². The second-order valence-corrected chi connectivity index (χ2v) is 6.20. The average molecular weight is 353 g/mol. The fourth-order valence-corrected chi connectivity index (χ4v) is 2.92. The van der Waals surface area contributed by atoms with Crippen molar-refractivity contribution in [3.05, 3.63) is 63.9 Å². The molecule has 0 bridgehead atoms. The van der Waals surface area contributed by atoms with Gasteiger partial charge in [0, 0.05) is 37.4 Å². The van der Waals surface area contributed by atoms with Crippen molar-refractivity contribution >= 4 is 34.8 Å². The molecule has 2 aromatic rings. The van der Waals surface area contributed by atoms with E-state index in [4.69, 9.17) is 23.2 Å². The second kappa shape index (κ2) is 6.77. The van der Waals surface area contributed by atoms with Gasteiger partial charge in [-0.3, -0.25) is 4.79 Å². The van der Waals surface area contributed by atoms with E-state index in [0.717, 1.165) is 5.69 Å². The highest BCUT2D eigenvalue weighted by molar-refractivity contribution is 6.42. The number of amides is 1. The zero-order valence-electron chi connectivity index (χ0n) is 12.3. The quantitative estimate of drug-likeness (QED) is 0.812. The summed E-state index contributed by atoms with van der Waals surface area (Å²) in [6, 6.07) is 11.2. The fraction of sp³-hybridized carbons (Fsp3) is 0.235. The van der Waals surface area contributed by atoms with Crippen LogP contribution in [0.4, 0.5) is 10.1 Å². The first-order valence-corrected chi connectivity index (χ1v) is 8.05. The Morgan fingerprint density at radius 2 is 1.57 bits per heavy atom. The first-order chi connectivity index (χ1) is 11.0. The first-order valence-electron chi connectivity index (χ1n) is 7.29. The Balaban J connectivity index is 1.64. The number of carbonyl (C=O) groups excluding carboxylic acids is 1. The molecule has 0 saturated carbocycles. The fourth-order valence-electron chi connectivity index (χ4n) is 2.62. The Morgan fingerprint density at radius 1 is 0.913 bits per heavy atom. The predicted molar refractivity (Wildman–Crippen MR) is 91.0 cm³/mol. The Hall–Kier alpha value is -1.78. The molecule has 23 heavy (non-hydrogen) atoms. The molecule has 0 atom stereocenters. The van der Waals surface area contributed by atoms with Crippen LogP contribution in [0.25, 0.3) is 0 Å². The number of halogens is 3. The summed E-state index contributed by atoms with van der Waals surface area (Å²) in [6.45, 7) is 2.64. The van der Waals surface area contributed by atoms with Crippen LogP contribution in [0.15, 0.2) is 42.5 Å². The van der Waals surface area contributed by atoms with Crippen LogP contribution < -0.4 is 4.90 Å². The monoisotopic (exact) mass is 352 g/mol. The minimum Gasteiger partial charge on any atom is -0.368 e. The Bertz CT molecular complexity index is 713. The number of nitrogens with zero attached hydrogens (tertiary/aromatic N) is 2. The Labute approximate surface area is 144 Å². The molecule has 0 unspecified atom stereocenters. The van der Waals surface area contributed by atoms with Crippen molar-refractivity contribution < 1.29 is 9.18 Å². The molecule has 0 spiro atoms. The lowest BCUT2D eigenvalue weighted by molar-refractivity contribution is 0.0746. The second-order valence-electron chi connectivity index (χ2n) is 5.38. The maximum atomic E-state index is 12.9. The minimum atomic E-state index is -0.342. The van der Waals surface area contributed by atoms with E-state index in [9.17, 15) is 9.18 Å². The van der Waals surface area contributed by atoms with Crippen LogP contribution in [0.2, 0.25) is 10.0 Å². The van der Waals surface area contributed by atoms with Gasteiger partial charge >= 0.3 is 0 Å². The molecule has 0 aromatic heterocycles. The first kappa shape index (κ1) is 16.1. The number of hydrogen-bond donors (Lipinski definition) is 0. The molecule has 0 aliphatic carbocycles. The molecule has 120 valence electrons. The zero-order chi connectivity index (χ0) is 16.4. The lowest BCUT2D eigenvalue weighted by Crippen LogP contribution is -2.48. The van der Waals surface area contributed by atoms with Gasteiger partial charge in [0.1, 0.15) is 5.82 Å². The summed E-state index contributed by atoms with van der Waals surface area (Å²) in [5, 5.41) is 1.05. The predicted octanol–water partition coefficient (Wildman–Crippen LogP) is 4.09. The van der Waals surface area contributed by atoms with Gasteiger partial charge in [0.2, 0.25) is 0 Å². The van der Waals surface area contributed by atoms with Gasteiger partial charge in [-0.15, -0.1) is 0 Å². The Kier molecular flexibility index (Phi) is 4.74. The van der Waals surface area contributed by atoms with Crippen LogP contribution >= 0.6 is 23.2 Å². The van der Waals surface area contributed by atoms with Crippen LogP contribution in [-0.2, 0) is 0 Å². The van der Waals surface area contributed by atoms with Gasteiger partial charge in [0.15, 0.2) is 0 Å². The van der Waals surface area contributed by atoms with E-state index in [0.29, 0.717) is 41.8 Å². The highest BCUT2D eigenvalue weighted by Gasteiger charge is 2.22. The van der Waals surface area contributed by atoms with Gasteiger partial charge < -0.3 is 9.80 Å². The zero-order valence-corrected chi connectivity index (χ0v) is 13.8. The molecule has 2 aromatic carbocycles. The minimum absolute atomic E-state index is 0.0706.